The highest BCUT2D eigenvalue weighted by molar-refractivity contribution is 7.22. The lowest BCUT2D eigenvalue weighted by molar-refractivity contribution is 0.362. The minimum atomic E-state index is -2.97. The predicted molar refractivity (Wildman–Crippen MR) is 308 cm³/mol. The van der Waals surface area contributed by atoms with Crippen molar-refractivity contribution in [1.29, 1.82) is 0 Å². The van der Waals surface area contributed by atoms with Gasteiger partial charge in [0.15, 0.2) is 8.07 Å². The van der Waals surface area contributed by atoms with Crippen LogP contribution in [0, 0.1) is 0 Å². The highest BCUT2D eigenvalue weighted by atomic mass is 28.3. The molecule has 0 spiro atoms. The molecule has 72 heavy (non-hydrogen) atoms. The van der Waals surface area contributed by atoms with Crippen LogP contribution in [0.3, 0.4) is 0 Å². The molecule has 12 aromatic rings. The molecule has 0 amide bonds. The summed E-state index contributed by atoms with van der Waals surface area (Å²) < 4.78 is 8.75. The van der Waals surface area contributed by atoms with Crippen LogP contribution in [0.4, 0.5) is 0 Å². The van der Waals surface area contributed by atoms with Gasteiger partial charge >= 0.3 is 0 Å². The topological polar surface area (TPSA) is 14.2 Å². The van der Waals surface area contributed by atoms with Gasteiger partial charge in [-0.3, -0.25) is 0 Å². The number of aromatic nitrogens is 1. The van der Waals surface area contributed by atoms with Crippen LogP contribution in [0.2, 0.25) is 0 Å². The summed E-state index contributed by atoms with van der Waals surface area (Å²) in [6, 6.07) is 88.7. The first-order valence-electron chi connectivity index (χ1n) is 24.9. The van der Waals surface area contributed by atoms with Gasteiger partial charge in [0.05, 0.1) is 11.0 Å². The van der Waals surface area contributed by atoms with Crippen LogP contribution < -0.4 is 25.5 Å². The monoisotopic (exact) mass is 933 g/mol. The van der Waals surface area contributed by atoms with E-state index in [0.29, 0.717) is 6.61 Å². The second kappa shape index (κ2) is 16.8. The third-order valence-electron chi connectivity index (χ3n) is 15.3. The molecule has 1 aromatic heterocycles. The first-order valence-corrected chi connectivity index (χ1v) is 26.9. The van der Waals surface area contributed by atoms with Crippen LogP contribution in [0.1, 0.15) is 5.56 Å². The molecule has 338 valence electrons. The van der Waals surface area contributed by atoms with Gasteiger partial charge in [-0.05, 0) is 147 Å². The Morgan fingerprint density at radius 1 is 0.389 bits per heavy atom. The first-order chi connectivity index (χ1) is 35.6. The summed E-state index contributed by atoms with van der Waals surface area (Å²) in [6.07, 6.45) is 8.16. The summed E-state index contributed by atoms with van der Waals surface area (Å²) >= 11 is 0. The molecule has 11 aromatic carbocycles. The molecule has 0 saturated carbocycles. The molecule has 0 atom stereocenters. The van der Waals surface area contributed by atoms with Gasteiger partial charge in [-0.15, -0.1) is 0 Å². The van der Waals surface area contributed by atoms with E-state index >= 15 is 0 Å². The van der Waals surface area contributed by atoms with Crippen molar-refractivity contribution in [3.8, 4) is 55.9 Å². The molecular weight excluding hydrogens is 887 g/mol. The van der Waals surface area contributed by atoms with Crippen LogP contribution in [0.15, 0.2) is 267 Å². The number of nitrogens with zero attached hydrogens (tertiary/aromatic N) is 1. The van der Waals surface area contributed by atoms with Crippen LogP contribution >= 0.6 is 0 Å². The summed E-state index contributed by atoms with van der Waals surface area (Å²) in [4.78, 5) is 0. The van der Waals surface area contributed by atoms with Crippen LogP contribution in [-0.2, 0) is 0 Å². The van der Waals surface area contributed by atoms with Crippen molar-refractivity contribution in [2.24, 2.45) is 0 Å². The van der Waals surface area contributed by atoms with Crippen LogP contribution in [0.5, 0.6) is 5.75 Å². The zero-order valence-corrected chi connectivity index (χ0v) is 40.6. The Kier molecular flexibility index (Phi) is 9.80. The Hall–Kier alpha value is -9.02. The molecule has 0 bridgehead atoms. The van der Waals surface area contributed by atoms with E-state index in [1.807, 2.05) is 18.2 Å². The standard InChI is InChI=1S/C69H47NOSi/c1-46-17-5-4-14-40-71-67-39-33-49(41-62(46)67)50-30-35-60-61-36-34-53(45-69(61)72(68(60)44-50,54-22-6-2-7-23-54)55-24-8-3-9-25-55)70-65-37-31-51(58-28-15-20-47-18-10-12-26-56(47)58)42-63(65)64-43-52(32-38-66(64)70)59-29-16-21-48-19-11-13-27-57(48)59/h2-39,41-45H,1,40H2/b14-4-,17-5-. The second-order valence-electron chi connectivity index (χ2n) is 19.2. The SMILES string of the molecule is C=C1/C=C\C=C/COc2ccc(-c3ccc4c(c3)[Si](c3ccccc3)(c3ccccc3)c3cc(-n5c6ccc(-c7cccc8ccccc78)cc6c6cc(-c7cccc8ccccc78)ccc65)ccc3-4)cc21. The zero-order chi connectivity index (χ0) is 47.8. The maximum Gasteiger partial charge on any atom is 0.180 e. The average molecular weight is 934 g/mol. The summed E-state index contributed by atoms with van der Waals surface area (Å²) in [7, 11) is -2.97. The lowest BCUT2D eigenvalue weighted by atomic mass is 9.95. The Morgan fingerprint density at radius 2 is 0.917 bits per heavy atom. The third kappa shape index (κ3) is 6.55. The van der Waals surface area contributed by atoms with E-state index in [0.717, 1.165) is 28.1 Å². The molecule has 2 nitrogen and oxygen atoms in total. The number of benzene rings is 11. The quantitative estimate of drug-likeness (QED) is 0.152. The molecule has 0 fully saturated rings. The Morgan fingerprint density at radius 3 is 1.56 bits per heavy atom. The van der Waals surface area contributed by atoms with Crippen molar-refractivity contribution < 1.29 is 4.74 Å². The Bertz CT molecular complexity index is 4050. The molecule has 0 N–H and O–H groups in total. The van der Waals surface area contributed by atoms with E-state index < -0.39 is 8.07 Å². The third-order valence-corrected chi connectivity index (χ3v) is 20.1. The van der Waals surface area contributed by atoms with Crippen LogP contribution in [-0.4, -0.2) is 19.2 Å². The zero-order valence-electron chi connectivity index (χ0n) is 39.6. The van der Waals surface area contributed by atoms with Crippen molar-refractivity contribution in [3.63, 3.8) is 0 Å². The minimum absolute atomic E-state index is 0.512. The smallest absolute Gasteiger partial charge is 0.180 e. The molecule has 14 rings (SSSR count). The number of hydrogen-bond acceptors (Lipinski definition) is 1. The summed E-state index contributed by atoms with van der Waals surface area (Å²) in [6.45, 7) is 4.96. The fourth-order valence-electron chi connectivity index (χ4n) is 12.0. The highest BCUT2D eigenvalue weighted by Crippen LogP contribution is 2.41. The number of ether oxygens (including phenoxy) is 1. The normalized spacial score (nSPS) is 14.5. The number of rotatable bonds is 6. The van der Waals surface area contributed by atoms with E-state index in [9.17, 15) is 0 Å². The van der Waals surface area contributed by atoms with Crippen molar-refractivity contribution in [3.05, 3.63) is 273 Å². The van der Waals surface area contributed by atoms with Gasteiger partial charge < -0.3 is 9.30 Å². The lowest BCUT2D eigenvalue weighted by Crippen LogP contribution is -2.72. The van der Waals surface area contributed by atoms with Gasteiger partial charge in [0.25, 0.3) is 0 Å². The fourth-order valence-corrected chi connectivity index (χ4v) is 17.2. The summed E-state index contributed by atoms with van der Waals surface area (Å²) in [5.74, 6) is 0.845. The van der Waals surface area contributed by atoms with E-state index in [1.54, 1.807) is 0 Å². The van der Waals surface area contributed by atoms with Gasteiger partial charge in [-0.25, -0.2) is 0 Å². The van der Waals surface area contributed by atoms with Crippen LogP contribution in [0.25, 0.3) is 99.1 Å². The van der Waals surface area contributed by atoms with Crippen molar-refractivity contribution in [2.45, 2.75) is 0 Å². The van der Waals surface area contributed by atoms with Crippen molar-refractivity contribution in [1.82, 2.24) is 4.57 Å². The van der Waals surface area contributed by atoms with E-state index in [4.69, 9.17) is 4.74 Å². The minimum Gasteiger partial charge on any atom is -0.489 e. The van der Waals surface area contributed by atoms with Gasteiger partial charge in [0.2, 0.25) is 0 Å². The highest BCUT2D eigenvalue weighted by Gasteiger charge is 2.49. The Labute approximate surface area is 420 Å². The van der Waals surface area contributed by atoms with Crippen molar-refractivity contribution in [2.75, 3.05) is 6.61 Å². The molecule has 0 radical (unpaired) electrons. The van der Waals surface area contributed by atoms with E-state index in [-0.39, 0.29) is 0 Å². The Balaban J connectivity index is 1.01. The maximum atomic E-state index is 6.23. The number of allylic oxidation sites excluding steroid dienone is 4. The molecule has 3 heteroatoms. The largest absolute Gasteiger partial charge is 0.489 e. The molecule has 0 aliphatic carbocycles. The van der Waals surface area contributed by atoms with E-state index in [2.05, 4.69) is 254 Å². The number of fused-ring (bicyclic) bond motifs is 9. The average Bonchev–Trinajstić information content (AvgIpc) is 3.95. The number of hydrogen-bond donors (Lipinski definition) is 0. The summed E-state index contributed by atoms with van der Waals surface area (Å²) in [5.41, 5.74) is 15.2. The van der Waals surface area contributed by atoms with Crippen molar-refractivity contribution >= 4 is 77.7 Å². The molecule has 3 heterocycles. The fraction of sp³-hybridized carbons (Fsp3) is 0.0145. The maximum absolute atomic E-state index is 6.23. The predicted octanol–water partition coefficient (Wildman–Crippen LogP) is 15.0. The van der Waals surface area contributed by atoms with E-state index in [1.165, 1.54) is 103 Å². The molecule has 0 unspecified atom stereocenters. The summed E-state index contributed by atoms with van der Waals surface area (Å²) in [5, 5.41) is 13.0. The van der Waals surface area contributed by atoms with Gasteiger partial charge in [0, 0.05) is 22.0 Å². The molecule has 0 saturated heterocycles. The van der Waals surface area contributed by atoms with Gasteiger partial charge in [0.1, 0.15) is 12.4 Å². The second-order valence-corrected chi connectivity index (χ2v) is 22.9. The molecule has 2 aliphatic heterocycles. The first kappa shape index (κ1) is 41.9. The molecular formula is C69H47NOSi. The molecule has 2 aliphatic rings. The van der Waals surface area contributed by atoms with Gasteiger partial charge in [-0.1, -0.05) is 213 Å². The lowest BCUT2D eigenvalue weighted by Gasteiger charge is -2.32. The van der Waals surface area contributed by atoms with Gasteiger partial charge in [-0.2, -0.15) is 0 Å².